The zero-order chi connectivity index (χ0) is 20.4. The standard InChI is InChI=1S/C22H26N4O3/c1-15-14-16-6-2-5-9-19(16)26(15)22(29)18-10-11-21(28)25(24-18)13-12-20(27)23-17-7-3-4-8-17/h2,5-6,9-11,15,17H,3-4,7-8,12-14H2,1H3,(H,23,27). The van der Waals surface area contributed by atoms with E-state index in [9.17, 15) is 14.4 Å². The van der Waals surface area contributed by atoms with E-state index in [0.717, 1.165) is 43.4 Å². The summed E-state index contributed by atoms with van der Waals surface area (Å²) >= 11 is 0. The predicted octanol–water partition coefficient (Wildman–Crippen LogP) is 2.28. The zero-order valence-corrected chi connectivity index (χ0v) is 16.6. The molecule has 1 aliphatic heterocycles. The summed E-state index contributed by atoms with van der Waals surface area (Å²) in [5.41, 5.74) is 1.92. The number of rotatable bonds is 5. The van der Waals surface area contributed by atoms with Crippen molar-refractivity contribution in [1.82, 2.24) is 15.1 Å². The topological polar surface area (TPSA) is 84.3 Å². The fourth-order valence-corrected chi connectivity index (χ4v) is 4.30. The van der Waals surface area contributed by atoms with Gasteiger partial charge in [-0.3, -0.25) is 14.4 Å². The predicted molar refractivity (Wildman–Crippen MR) is 110 cm³/mol. The van der Waals surface area contributed by atoms with Gasteiger partial charge in [-0.2, -0.15) is 5.10 Å². The summed E-state index contributed by atoms with van der Waals surface area (Å²) in [6.07, 6.45) is 5.29. The summed E-state index contributed by atoms with van der Waals surface area (Å²) < 4.78 is 1.22. The van der Waals surface area contributed by atoms with Crippen molar-refractivity contribution < 1.29 is 9.59 Å². The minimum atomic E-state index is -0.315. The van der Waals surface area contributed by atoms with Crippen molar-refractivity contribution in [1.29, 1.82) is 0 Å². The van der Waals surface area contributed by atoms with Crippen LogP contribution in [-0.4, -0.2) is 33.7 Å². The molecule has 1 unspecified atom stereocenters. The first-order valence-corrected chi connectivity index (χ1v) is 10.3. The van der Waals surface area contributed by atoms with Crippen molar-refractivity contribution in [3.8, 4) is 0 Å². The van der Waals surface area contributed by atoms with Crippen molar-refractivity contribution in [3.05, 3.63) is 58.0 Å². The molecule has 152 valence electrons. The van der Waals surface area contributed by atoms with Gasteiger partial charge < -0.3 is 10.2 Å². The van der Waals surface area contributed by atoms with Gasteiger partial charge in [-0.05, 0) is 43.9 Å². The van der Waals surface area contributed by atoms with Crippen molar-refractivity contribution in [2.45, 2.75) is 64.1 Å². The van der Waals surface area contributed by atoms with Gasteiger partial charge in [-0.15, -0.1) is 0 Å². The number of anilines is 1. The molecule has 1 fully saturated rings. The van der Waals surface area contributed by atoms with Crippen LogP contribution in [0.3, 0.4) is 0 Å². The van der Waals surface area contributed by atoms with Crippen LogP contribution in [0.15, 0.2) is 41.2 Å². The van der Waals surface area contributed by atoms with Gasteiger partial charge in [0.15, 0.2) is 0 Å². The van der Waals surface area contributed by atoms with Crippen molar-refractivity contribution >= 4 is 17.5 Å². The summed E-state index contributed by atoms with van der Waals surface area (Å²) in [6.45, 7) is 2.16. The lowest BCUT2D eigenvalue weighted by Gasteiger charge is -2.22. The number of carbonyl (C=O) groups is 2. The van der Waals surface area contributed by atoms with Crippen LogP contribution in [0.25, 0.3) is 0 Å². The number of carbonyl (C=O) groups excluding carboxylic acids is 2. The summed E-state index contributed by atoms with van der Waals surface area (Å²) in [5, 5.41) is 7.27. The average molecular weight is 394 g/mol. The summed E-state index contributed by atoms with van der Waals surface area (Å²) in [6, 6.07) is 10.9. The maximum Gasteiger partial charge on any atom is 0.278 e. The van der Waals surface area contributed by atoms with E-state index in [1.165, 1.54) is 16.8 Å². The molecule has 0 saturated heterocycles. The quantitative estimate of drug-likeness (QED) is 0.843. The van der Waals surface area contributed by atoms with E-state index >= 15 is 0 Å². The second-order valence-corrected chi connectivity index (χ2v) is 7.94. The maximum absolute atomic E-state index is 13.1. The number of aryl methyl sites for hydroxylation is 1. The third-order valence-corrected chi connectivity index (χ3v) is 5.78. The lowest BCUT2D eigenvalue weighted by atomic mass is 10.1. The molecule has 29 heavy (non-hydrogen) atoms. The van der Waals surface area contributed by atoms with Crippen LogP contribution in [0.4, 0.5) is 5.69 Å². The first kappa shape index (κ1) is 19.4. The van der Waals surface area contributed by atoms with Gasteiger partial charge in [0.2, 0.25) is 5.91 Å². The monoisotopic (exact) mass is 394 g/mol. The Kier molecular flexibility index (Phi) is 5.47. The number of amides is 2. The lowest BCUT2D eigenvalue weighted by Crippen LogP contribution is -2.38. The van der Waals surface area contributed by atoms with E-state index in [1.807, 2.05) is 31.2 Å². The molecular weight excluding hydrogens is 368 g/mol. The zero-order valence-electron chi connectivity index (χ0n) is 16.6. The Bertz CT molecular complexity index is 978. The molecule has 1 aliphatic carbocycles. The Labute approximate surface area is 169 Å². The van der Waals surface area contributed by atoms with Crippen LogP contribution < -0.4 is 15.8 Å². The molecule has 1 aromatic carbocycles. The number of aromatic nitrogens is 2. The van der Waals surface area contributed by atoms with Crippen LogP contribution in [-0.2, 0) is 17.8 Å². The minimum Gasteiger partial charge on any atom is -0.353 e. The van der Waals surface area contributed by atoms with Gasteiger partial charge >= 0.3 is 0 Å². The number of fused-ring (bicyclic) bond motifs is 1. The highest BCUT2D eigenvalue weighted by molar-refractivity contribution is 6.06. The second-order valence-electron chi connectivity index (χ2n) is 7.94. The minimum absolute atomic E-state index is 0.0271. The summed E-state index contributed by atoms with van der Waals surface area (Å²) in [5.74, 6) is -0.309. The highest BCUT2D eigenvalue weighted by Gasteiger charge is 2.32. The van der Waals surface area contributed by atoms with Crippen molar-refractivity contribution in [3.63, 3.8) is 0 Å². The molecule has 4 rings (SSSR count). The molecule has 2 aliphatic rings. The Hall–Kier alpha value is -2.96. The van der Waals surface area contributed by atoms with E-state index in [0.29, 0.717) is 0 Å². The normalized spacial score (nSPS) is 18.7. The van der Waals surface area contributed by atoms with E-state index in [1.54, 1.807) is 4.90 Å². The summed E-state index contributed by atoms with van der Waals surface area (Å²) in [7, 11) is 0. The molecule has 7 heteroatoms. The molecule has 2 amide bonds. The van der Waals surface area contributed by atoms with E-state index < -0.39 is 0 Å². The molecule has 1 saturated carbocycles. The third kappa shape index (κ3) is 4.09. The van der Waals surface area contributed by atoms with Crippen LogP contribution in [0, 0.1) is 0 Å². The number of nitrogens with zero attached hydrogens (tertiary/aromatic N) is 3. The fourth-order valence-electron chi connectivity index (χ4n) is 4.30. The number of para-hydroxylation sites is 1. The maximum atomic E-state index is 13.1. The highest BCUT2D eigenvalue weighted by atomic mass is 16.2. The van der Waals surface area contributed by atoms with Crippen molar-refractivity contribution in [2.75, 3.05) is 4.90 Å². The molecule has 7 nitrogen and oxygen atoms in total. The van der Waals surface area contributed by atoms with Crippen LogP contribution in [0.2, 0.25) is 0 Å². The molecule has 0 spiro atoms. The Balaban J connectivity index is 1.47. The Morgan fingerprint density at radius 1 is 1.14 bits per heavy atom. The van der Waals surface area contributed by atoms with Gasteiger partial charge in [-0.25, -0.2) is 4.68 Å². The van der Waals surface area contributed by atoms with Gasteiger partial charge in [0.25, 0.3) is 11.5 Å². The molecule has 2 heterocycles. The van der Waals surface area contributed by atoms with Crippen molar-refractivity contribution in [2.24, 2.45) is 0 Å². The highest BCUT2D eigenvalue weighted by Crippen LogP contribution is 2.32. The third-order valence-electron chi connectivity index (χ3n) is 5.78. The summed E-state index contributed by atoms with van der Waals surface area (Å²) in [4.78, 5) is 39.2. The molecule has 2 aromatic rings. The van der Waals surface area contributed by atoms with E-state index in [-0.39, 0.29) is 48.1 Å². The second kappa shape index (κ2) is 8.19. The molecule has 1 atom stereocenters. The van der Waals surface area contributed by atoms with Gasteiger partial charge in [0.05, 0.1) is 6.54 Å². The van der Waals surface area contributed by atoms with E-state index in [2.05, 4.69) is 10.4 Å². The first-order chi connectivity index (χ1) is 14.0. The van der Waals surface area contributed by atoms with E-state index in [4.69, 9.17) is 0 Å². The average Bonchev–Trinajstić information content (AvgIpc) is 3.33. The number of hydrogen-bond donors (Lipinski definition) is 1. The van der Waals surface area contributed by atoms with Crippen LogP contribution >= 0.6 is 0 Å². The van der Waals surface area contributed by atoms with Gasteiger partial charge in [-0.1, -0.05) is 31.0 Å². The molecule has 1 N–H and O–H groups in total. The number of hydrogen-bond acceptors (Lipinski definition) is 4. The van der Waals surface area contributed by atoms with Gasteiger partial charge in [0, 0.05) is 30.3 Å². The molecule has 0 radical (unpaired) electrons. The molecule has 1 aromatic heterocycles. The van der Waals surface area contributed by atoms with Crippen LogP contribution in [0.5, 0.6) is 0 Å². The smallest absolute Gasteiger partial charge is 0.278 e. The SMILES string of the molecule is CC1Cc2ccccc2N1C(=O)c1ccc(=O)n(CCC(=O)NC2CCCC2)n1. The largest absolute Gasteiger partial charge is 0.353 e. The molecular formula is C22H26N4O3. The number of nitrogens with one attached hydrogen (secondary N) is 1. The Morgan fingerprint density at radius 3 is 2.69 bits per heavy atom. The molecule has 0 bridgehead atoms. The fraction of sp³-hybridized carbons (Fsp3) is 0.455. The van der Waals surface area contributed by atoms with Gasteiger partial charge in [0.1, 0.15) is 5.69 Å². The number of benzene rings is 1. The first-order valence-electron chi connectivity index (χ1n) is 10.3. The Morgan fingerprint density at radius 2 is 1.90 bits per heavy atom. The van der Waals surface area contributed by atoms with Crippen LogP contribution in [0.1, 0.15) is 55.1 Å². The lowest BCUT2D eigenvalue weighted by molar-refractivity contribution is -0.122.